The molecule has 3 heterocycles. The van der Waals surface area contributed by atoms with Gasteiger partial charge >= 0.3 is 0 Å². The minimum Gasteiger partial charge on any atom is -0.381 e. The maximum atomic E-state index is 14.0. The number of carbonyl (C=O) groups excluding carboxylic acids is 1. The zero-order valence-corrected chi connectivity index (χ0v) is 39.4. The van der Waals surface area contributed by atoms with Gasteiger partial charge in [0.15, 0.2) is 5.78 Å². The second-order valence-electron chi connectivity index (χ2n) is 16.9. The van der Waals surface area contributed by atoms with E-state index in [9.17, 15) is 17.6 Å². The highest BCUT2D eigenvalue weighted by molar-refractivity contribution is 7.99. The molecule has 13 heteroatoms. The molecule has 65 heavy (non-hydrogen) atoms. The summed E-state index contributed by atoms with van der Waals surface area (Å²) in [6.07, 6.45) is 1.34. The van der Waals surface area contributed by atoms with E-state index >= 15 is 0 Å². The molecule has 340 valence electrons. The third-order valence-electron chi connectivity index (χ3n) is 12.6. The summed E-state index contributed by atoms with van der Waals surface area (Å²) in [6.45, 7) is 13.3. The van der Waals surface area contributed by atoms with Gasteiger partial charge in [0.1, 0.15) is 5.82 Å². The minimum atomic E-state index is -3.84. The van der Waals surface area contributed by atoms with Crippen molar-refractivity contribution < 1.29 is 22.3 Å². The lowest BCUT2D eigenvalue weighted by molar-refractivity contribution is 0.0370. The van der Waals surface area contributed by atoms with Gasteiger partial charge in [-0.05, 0) is 128 Å². The van der Waals surface area contributed by atoms with Crippen LogP contribution in [0.2, 0.25) is 0 Å². The molecule has 1 atom stereocenters. The molecule has 0 aliphatic carbocycles. The fourth-order valence-corrected chi connectivity index (χ4v) is 11.0. The monoisotopic (exact) mass is 914 g/mol. The van der Waals surface area contributed by atoms with Crippen molar-refractivity contribution in [2.24, 2.45) is 7.05 Å². The topological polar surface area (TPSA) is 99.2 Å². The van der Waals surface area contributed by atoms with Crippen LogP contribution in [0.1, 0.15) is 41.4 Å². The lowest BCUT2D eigenvalue weighted by Gasteiger charge is -2.37. The molecule has 0 bridgehead atoms. The van der Waals surface area contributed by atoms with E-state index in [2.05, 4.69) is 67.2 Å². The van der Waals surface area contributed by atoms with Gasteiger partial charge in [-0.2, -0.15) is 0 Å². The number of thioether (sulfide) groups is 1. The number of hydrogen-bond acceptors (Lipinski definition) is 9. The summed E-state index contributed by atoms with van der Waals surface area (Å²) >= 11 is 1.83. The number of piperazine rings is 1. The lowest BCUT2D eigenvalue weighted by Crippen LogP contribution is -2.46. The van der Waals surface area contributed by atoms with Gasteiger partial charge in [0, 0.05) is 116 Å². The fraction of sp³-hybridized carbons (Fsp3) is 0.327. The van der Waals surface area contributed by atoms with Crippen LogP contribution in [0.5, 0.6) is 0 Å². The number of benzene rings is 5. The molecule has 0 spiro atoms. The van der Waals surface area contributed by atoms with Crippen LogP contribution in [0.15, 0.2) is 131 Å². The number of ether oxygens (including phenoxy) is 1. The van der Waals surface area contributed by atoms with Gasteiger partial charge < -0.3 is 24.4 Å². The summed E-state index contributed by atoms with van der Waals surface area (Å²) in [6, 6.07) is 38.3. The first-order valence-electron chi connectivity index (χ1n) is 22.5. The lowest BCUT2D eigenvalue weighted by atomic mass is 9.93. The van der Waals surface area contributed by atoms with E-state index in [1.165, 1.54) is 17.0 Å². The van der Waals surface area contributed by atoms with Gasteiger partial charge in [0.05, 0.1) is 23.8 Å². The quantitative estimate of drug-likeness (QED) is 0.0685. The van der Waals surface area contributed by atoms with E-state index in [1.54, 1.807) is 24.3 Å². The van der Waals surface area contributed by atoms with Crippen LogP contribution in [0.25, 0.3) is 22.4 Å². The normalized spacial score (nSPS) is 15.2. The Morgan fingerprint density at radius 2 is 1.48 bits per heavy atom. The van der Waals surface area contributed by atoms with Gasteiger partial charge in [-0.3, -0.25) is 14.4 Å². The standard InChI is InChI=1S/C52H59FN6O4S2/c1-5-49(60)50-38(3)56(4)52(39-14-16-41(53)17-15-39)51(50)40-10-9-11-45(35-40)59-28-26-58(27-29-59)44-20-18-42(19-21-44)55-65(61,62)47-22-23-48(37(2)34-47)54-43(24-25-57-30-32-63-33-31-57)36-64-46-12-7-6-8-13-46/h6-23,34-35,43,54-55H,5,24-33,36H2,1-4H3/t43-/m1/s1. The number of aryl methyl sites for hydroxylation is 1. The predicted octanol–water partition coefficient (Wildman–Crippen LogP) is 10.1. The van der Waals surface area contributed by atoms with Crippen molar-refractivity contribution in [1.29, 1.82) is 0 Å². The van der Waals surface area contributed by atoms with E-state index in [4.69, 9.17) is 4.74 Å². The summed E-state index contributed by atoms with van der Waals surface area (Å²) < 4.78 is 51.7. The molecular weight excluding hydrogens is 856 g/mol. The third kappa shape index (κ3) is 10.9. The molecule has 10 nitrogen and oxygen atoms in total. The van der Waals surface area contributed by atoms with Gasteiger partial charge in [-0.25, -0.2) is 12.8 Å². The Bertz CT molecular complexity index is 2680. The van der Waals surface area contributed by atoms with Crippen LogP contribution in [-0.4, -0.2) is 94.5 Å². The second-order valence-corrected chi connectivity index (χ2v) is 19.7. The molecule has 1 aromatic heterocycles. The second kappa shape index (κ2) is 20.7. The Balaban J connectivity index is 0.900. The van der Waals surface area contributed by atoms with Gasteiger partial charge in [-0.1, -0.05) is 37.3 Å². The summed E-state index contributed by atoms with van der Waals surface area (Å²) in [5.74, 6) is 0.655. The predicted molar refractivity (Wildman–Crippen MR) is 265 cm³/mol. The first-order valence-corrected chi connectivity index (χ1v) is 25.0. The molecule has 0 amide bonds. The number of carbonyl (C=O) groups is 1. The molecule has 0 unspecified atom stereocenters. The molecule has 0 saturated carbocycles. The summed E-state index contributed by atoms with van der Waals surface area (Å²) in [5.41, 5.74) is 9.55. The van der Waals surface area contributed by atoms with Gasteiger partial charge in [0.2, 0.25) is 0 Å². The number of nitrogens with zero attached hydrogens (tertiary/aromatic N) is 4. The number of morpholine rings is 1. The maximum Gasteiger partial charge on any atom is 0.261 e. The molecule has 8 rings (SSSR count). The van der Waals surface area contributed by atoms with Crippen LogP contribution in [0, 0.1) is 19.7 Å². The van der Waals surface area contributed by atoms with Crippen LogP contribution in [-0.2, 0) is 21.8 Å². The minimum absolute atomic E-state index is 0.0742. The average molecular weight is 915 g/mol. The number of hydrogen-bond donors (Lipinski definition) is 2. The Morgan fingerprint density at radius 1 is 0.785 bits per heavy atom. The molecule has 0 radical (unpaired) electrons. The van der Waals surface area contributed by atoms with Crippen molar-refractivity contribution in [1.82, 2.24) is 9.47 Å². The molecule has 2 aliphatic heterocycles. The highest BCUT2D eigenvalue weighted by Gasteiger charge is 2.27. The van der Waals surface area contributed by atoms with Gasteiger partial charge in [0.25, 0.3) is 10.0 Å². The molecular formula is C52H59FN6O4S2. The van der Waals surface area contributed by atoms with E-state index in [0.717, 1.165) is 122 Å². The number of anilines is 4. The number of Topliss-reactive ketones (excluding diaryl/α,β-unsaturated/α-hetero) is 1. The van der Waals surface area contributed by atoms with Crippen LogP contribution >= 0.6 is 11.8 Å². The van der Waals surface area contributed by atoms with Crippen molar-refractivity contribution in [2.45, 2.75) is 49.4 Å². The first-order chi connectivity index (χ1) is 31.5. The molecule has 2 fully saturated rings. The third-order valence-corrected chi connectivity index (χ3v) is 15.2. The van der Waals surface area contributed by atoms with Gasteiger partial charge in [-0.15, -0.1) is 11.8 Å². The average Bonchev–Trinajstić information content (AvgIpc) is 3.60. The Hall–Kier alpha value is -5.60. The highest BCUT2D eigenvalue weighted by Crippen LogP contribution is 2.41. The zero-order chi connectivity index (χ0) is 45.5. The molecule has 6 aromatic rings. The zero-order valence-electron chi connectivity index (χ0n) is 37.7. The Labute approximate surface area is 387 Å². The van der Waals surface area contributed by atoms with E-state index in [0.29, 0.717) is 17.7 Å². The Kier molecular flexibility index (Phi) is 14.6. The summed E-state index contributed by atoms with van der Waals surface area (Å²) in [5, 5.41) is 3.74. The van der Waals surface area contributed by atoms with Crippen LogP contribution < -0.4 is 19.8 Å². The van der Waals surface area contributed by atoms with Crippen LogP contribution in [0.4, 0.5) is 27.1 Å². The van der Waals surface area contributed by atoms with E-state index < -0.39 is 10.0 Å². The fourth-order valence-electron chi connectivity index (χ4n) is 8.84. The molecule has 5 aromatic carbocycles. The summed E-state index contributed by atoms with van der Waals surface area (Å²) in [7, 11) is -1.88. The van der Waals surface area contributed by atoms with Crippen molar-refractivity contribution in [3.05, 3.63) is 144 Å². The number of halogens is 1. The van der Waals surface area contributed by atoms with Crippen molar-refractivity contribution in [3.8, 4) is 22.4 Å². The number of rotatable bonds is 17. The molecule has 2 N–H and O–H groups in total. The summed E-state index contributed by atoms with van der Waals surface area (Å²) in [4.78, 5) is 22.0. The number of sulfonamides is 1. The van der Waals surface area contributed by atoms with E-state index in [1.807, 2.05) is 86.6 Å². The Morgan fingerprint density at radius 3 is 2.15 bits per heavy atom. The largest absolute Gasteiger partial charge is 0.381 e. The molecule has 2 aliphatic rings. The number of aromatic nitrogens is 1. The highest BCUT2D eigenvalue weighted by atomic mass is 32.2. The van der Waals surface area contributed by atoms with Crippen molar-refractivity contribution >= 4 is 50.3 Å². The van der Waals surface area contributed by atoms with Crippen LogP contribution in [0.3, 0.4) is 0 Å². The van der Waals surface area contributed by atoms with Crippen molar-refractivity contribution in [2.75, 3.05) is 84.6 Å². The number of nitrogens with one attached hydrogen (secondary N) is 2. The smallest absolute Gasteiger partial charge is 0.261 e. The molecule has 2 saturated heterocycles. The van der Waals surface area contributed by atoms with E-state index in [-0.39, 0.29) is 22.5 Å². The van der Waals surface area contributed by atoms with Crippen molar-refractivity contribution in [3.63, 3.8) is 0 Å². The first kappa shape index (κ1) is 45.9. The number of ketones is 1. The SMILES string of the molecule is CCC(=O)c1c(-c2cccc(N3CCN(c4ccc(NS(=O)(=O)c5ccc(N[C@H](CCN6CCOCC6)CSc6ccccc6)c(C)c5)cc4)CC3)c2)c(-c2ccc(F)cc2)n(C)c1C. The maximum absolute atomic E-state index is 14.0.